The molecule has 0 unspecified atom stereocenters. The molecule has 0 N–H and O–H groups in total. The first-order valence-corrected chi connectivity index (χ1v) is 7.33. The molecule has 0 spiro atoms. The van der Waals surface area contributed by atoms with Crippen molar-refractivity contribution in [3.05, 3.63) is 47.5 Å². The van der Waals surface area contributed by atoms with Gasteiger partial charge in [-0.25, -0.2) is 4.79 Å². The van der Waals surface area contributed by atoms with E-state index in [1.165, 1.54) is 5.57 Å². The molecular weight excluding hydrogens is 272 g/mol. The number of rotatable bonds is 7. The van der Waals surface area contributed by atoms with Crippen LogP contribution in [0.4, 0.5) is 0 Å². The normalized spacial score (nSPS) is 12.3. The molecule has 0 saturated carbocycles. The number of ether oxygens (including phenoxy) is 1. The molecule has 0 aliphatic rings. The maximum atomic E-state index is 11.7. The van der Waals surface area contributed by atoms with Gasteiger partial charge in [0.15, 0.2) is 0 Å². The van der Waals surface area contributed by atoms with E-state index in [1.54, 1.807) is 12.1 Å². The van der Waals surface area contributed by atoms with Gasteiger partial charge >= 0.3 is 5.97 Å². The minimum absolute atomic E-state index is 0.139. The van der Waals surface area contributed by atoms with Gasteiger partial charge in [0.1, 0.15) is 6.61 Å². The fourth-order valence-corrected chi connectivity index (χ4v) is 1.94. The van der Waals surface area contributed by atoms with Gasteiger partial charge in [-0.3, -0.25) is 0 Å². The Morgan fingerprint density at radius 3 is 2.55 bits per heavy atom. The Bertz CT molecular complexity index is 444. The fourth-order valence-electron chi connectivity index (χ4n) is 1.81. The molecule has 0 fully saturated rings. The number of hydrogen-bond acceptors (Lipinski definition) is 2. The second-order valence-electron chi connectivity index (χ2n) is 5.59. The second-order valence-corrected chi connectivity index (χ2v) is 6.61. The summed E-state index contributed by atoms with van der Waals surface area (Å²) in [6.07, 6.45) is 4.97. The third-order valence-electron chi connectivity index (χ3n) is 3.00. The molecule has 110 valence electrons. The summed E-state index contributed by atoms with van der Waals surface area (Å²) in [7, 11) is 0. The Morgan fingerprint density at radius 2 is 1.95 bits per heavy atom. The van der Waals surface area contributed by atoms with E-state index in [9.17, 15) is 4.79 Å². The number of halogens is 1. The number of carbonyl (C=O) groups is 1. The quantitative estimate of drug-likeness (QED) is 0.403. The summed E-state index contributed by atoms with van der Waals surface area (Å²) in [4.78, 5) is 11.6. The van der Waals surface area contributed by atoms with E-state index in [0.717, 1.165) is 19.3 Å². The Morgan fingerprint density at radius 1 is 1.30 bits per heavy atom. The zero-order valence-electron chi connectivity index (χ0n) is 12.5. The summed E-state index contributed by atoms with van der Waals surface area (Å²) in [6.45, 7) is 6.42. The first-order valence-electron chi connectivity index (χ1n) is 6.95. The third kappa shape index (κ3) is 7.34. The number of benzene rings is 1. The van der Waals surface area contributed by atoms with Gasteiger partial charge in [-0.2, -0.15) is 0 Å². The van der Waals surface area contributed by atoms with Crippen LogP contribution in [0, 0.1) is 0 Å². The van der Waals surface area contributed by atoms with Crippen LogP contribution in [0.5, 0.6) is 0 Å². The molecule has 0 aliphatic heterocycles. The van der Waals surface area contributed by atoms with Gasteiger partial charge in [0.25, 0.3) is 0 Å². The smallest absolute Gasteiger partial charge is 0.338 e. The minimum atomic E-state index is -0.281. The average Bonchev–Trinajstić information content (AvgIpc) is 2.38. The predicted octanol–water partition coefficient (Wildman–Crippen LogP) is 4.98. The number of allylic oxidation sites excluding steroid dienone is 1. The molecule has 0 heterocycles. The van der Waals surface area contributed by atoms with Crippen molar-refractivity contribution in [2.45, 2.75) is 44.9 Å². The molecule has 20 heavy (non-hydrogen) atoms. The van der Waals surface area contributed by atoms with E-state index < -0.39 is 0 Å². The molecule has 0 amide bonds. The fraction of sp³-hybridized carbons (Fsp3) is 0.471. The van der Waals surface area contributed by atoms with Gasteiger partial charge in [-0.15, -0.1) is 11.6 Å². The van der Waals surface area contributed by atoms with Gasteiger partial charge in [0, 0.05) is 4.87 Å². The van der Waals surface area contributed by atoms with Gasteiger partial charge in [0.05, 0.1) is 5.56 Å². The van der Waals surface area contributed by atoms with Crippen molar-refractivity contribution in [1.82, 2.24) is 0 Å². The lowest BCUT2D eigenvalue weighted by molar-refractivity contribution is 0.0549. The largest absolute Gasteiger partial charge is 0.458 e. The lowest BCUT2D eigenvalue weighted by Crippen LogP contribution is -2.09. The SMILES string of the molecule is C/C(=C\COC(=O)c1ccccc1)CCCC(C)(C)Cl. The van der Waals surface area contributed by atoms with Crippen molar-refractivity contribution in [2.75, 3.05) is 6.61 Å². The van der Waals surface area contributed by atoms with Crippen LogP contribution in [-0.2, 0) is 4.74 Å². The number of esters is 1. The van der Waals surface area contributed by atoms with Crippen LogP contribution in [-0.4, -0.2) is 17.5 Å². The molecule has 0 saturated heterocycles. The van der Waals surface area contributed by atoms with Crippen molar-refractivity contribution in [3.8, 4) is 0 Å². The van der Waals surface area contributed by atoms with Crippen LogP contribution in [0.1, 0.15) is 50.4 Å². The van der Waals surface area contributed by atoms with Crippen LogP contribution in [0.15, 0.2) is 42.0 Å². The van der Waals surface area contributed by atoms with Crippen LogP contribution in [0.25, 0.3) is 0 Å². The zero-order valence-corrected chi connectivity index (χ0v) is 13.2. The average molecular weight is 295 g/mol. The summed E-state index contributed by atoms with van der Waals surface area (Å²) < 4.78 is 5.20. The summed E-state index contributed by atoms with van der Waals surface area (Å²) in [5, 5.41) is 0. The third-order valence-corrected chi connectivity index (χ3v) is 3.19. The van der Waals surface area contributed by atoms with Gasteiger partial charge in [0.2, 0.25) is 0 Å². The van der Waals surface area contributed by atoms with Crippen molar-refractivity contribution < 1.29 is 9.53 Å². The van der Waals surface area contributed by atoms with Gasteiger partial charge in [-0.05, 0) is 58.2 Å². The topological polar surface area (TPSA) is 26.3 Å². The Balaban J connectivity index is 2.28. The van der Waals surface area contributed by atoms with E-state index in [0.29, 0.717) is 12.2 Å². The van der Waals surface area contributed by atoms with Crippen LogP contribution >= 0.6 is 11.6 Å². The molecule has 1 rings (SSSR count). The van der Waals surface area contributed by atoms with Crippen LogP contribution in [0.2, 0.25) is 0 Å². The van der Waals surface area contributed by atoms with Crippen molar-refractivity contribution in [1.29, 1.82) is 0 Å². The summed E-state index contributed by atoms with van der Waals surface area (Å²) >= 11 is 6.14. The maximum absolute atomic E-state index is 11.7. The first-order chi connectivity index (χ1) is 9.38. The lowest BCUT2D eigenvalue weighted by Gasteiger charge is -2.14. The van der Waals surface area contributed by atoms with E-state index in [-0.39, 0.29) is 10.8 Å². The molecule has 2 nitrogen and oxygen atoms in total. The van der Waals surface area contributed by atoms with E-state index in [1.807, 2.05) is 38.1 Å². The summed E-state index contributed by atoms with van der Waals surface area (Å²) in [5.74, 6) is -0.281. The van der Waals surface area contributed by atoms with E-state index in [2.05, 4.69) is 6.92 Å². The molecule has 0 radical (unpaired) electrons. The monoisotopic (exact) mass is 294 g/mol. The standard InChI is InChI=1S/C17H23ClO2/c1-14(8-7-12-17(2,3)18)11-13-20-16(19)15-9-5-4-6-10-15/h4-6,9-11H,7-8,12-13H2,1-3H3/b14-11+. The molecular formula is C17H23ClO2. The highest BCUT2D eigenvalue weighted by Crippen LogP contribution is 2.21. The summed E-state index contributed by atoms with van der Waals surface area (Å²) in [6, 6.07) is 9.03. The molecule has 3 heteroatoms. The van der Waals surface area contributed by atoms with Crippen molar-refractivity contribution >= 4 is 17.6 Å². The summed E-state index contributed by atoms with van der Waals surface area (Å²) in [5.41, 5.74) is 1.81. The Labute approximate surface area is 126 Å². The lowest BCUT2D eigenvalue weighted by atomic mass is 10.0. The zero-order chi connectivity index (χ0) is 15.0. The van der Waals surface area contributed by atoms with E-state index in [4.69, 9.17) is 16.3 Å². The minimum Gasteiger partial charge on any atom is -0.458 e. The van der Waals surface area contributed by atoms with E-state index >= 15 is 0 Å². The molecule has 1 aromatic carbocycles. The highest BCUT2D eigenvalue weighted by Gasteiger charge is 2.11. The van der Waals surface area contributed by atoms with Crippen LogP contribution < -0.4 is 0 Å². The number of carbonyl (C=O) groups excluding carboxylic acids is 1. The van der Waals surface area contributed by atoms with Crippen molar-refractivity contribution in [2.24, 2.45) is 0 Å². The Hall–Kier alpha value is -1.28. The maximum Gasteiger partial charge on any atom is 0.338 e. The molecule has 1 aromatic rings. The molecule has 0 atom stereocenters. The second kappa shape index (κ2) is 8.11. The first kappa shape index (κ1) is 16.8. The highest BCUT2D eigenvalue weighted by atomic mass is 35.5. The Kier molecular flexibility index (Phi) is 6.80. The molecule has 0 bridgehead atoms. The van der Waals surface area contributed by atoms with Crippen LogP contribution in [0.3, 0.4) is 0 Å². The van der Waals surface area contributed by atoms with Gasteiger partial charge in [-0.1, -0.05) is 23.8 Å². The number of hydrogen-bond donors (Lipinski definition) is 0. The number of alkyl halides is 1. The van der Waals surface area contributed by atoms with Gasteiger partial charge < -0.3 is 4.74 Å². The highest BCUT2D eigenvalue weighted by molar-refractivity contribution is 6.23. The molecule has 0 aromatic heterocycles. The van der Waals surface area contributed by atoms with Crippen molar-refractivity contribution in [3.63, 3.8) is 0 Å². The predicted molar refractivity (Wildman–Crippen MR) is 84.3 cm³/mol. The molecule has 0 aliphatic carbocycles.